The molecule has 7 nitrogen and oxygen atoms in total. The summed E-state index contributed by atoms with van der Waals surface area (Å²) in [5.41, 5.74) is 3.76. The minimum absolute atomic E-state index is 0.161. The molecule has 3 heterocycles. The van der Waals surface area contributed by atoms with Gasteiger partial charge in [0.1, 0.15) is 5.69 Å². The molecule has 3 aromatic heterocycles. The second-order valence-electron chi connectivity index (χ2n) is 8.08. The number of rotatable bonds is 6. The maximum absolute atomic E-state index is 13.5. The number of hydrogen-bond acceptors (Lipinski definition) is 5. The van der Waals surface area contributed by atoms with Gasteiger partial charge in [-0.1, -0.05) is 41.9 Å². The van der Waals surface area contributed by atoms with Crippen LogP contribution in [-0.2, 0) is 0 Å². The van der Waals surface area contributed by atoms with Crippen molar-refractivity contribution in [1.29, 1.82) is 0 Å². The van der Waals surface area contributed by atoms with E-state index in [0.29, 0.717) is 38.9 Å². The SMILES string of the molecule is Cc1nc2c(OCC(=O)c3ccccc3)cccn2c(=O)c1-c1cc(C)n(-c2ccc(Cl)cc2)n1. The molecular formula is C27H21ClN4O3. The lowest BCUT2D eigenvalue weighted by Crippen LogP contribution is -2.20. The van der Waals surface area contributed by atoms with Crippen molar-refractivity contribution in [2.75, 3.05) is 6.61 Å². The zero-order chi connectivity index (χ0) is 24.5. The van der Waals surface area contributed by atoms with Crippen LogP contribution in [0.3, 0.4) is 0 Å². The maximum atomic E-state index is 13.5. The molecular weight excluding hydrogens is 464 g/mol. The van der Waals surface area contributed by atoms with Gasteiger partial charge in [0.05, 0.1) is 16.9 Å². The second kappa shape index (κ2) is 9.19. The molecule has 0 bridgehead atoms. The maximum Gasteiger partial charge on any atom is 0.267 e. The number of aromatic nitrogens is 4. The van der Waals surface area contributed by atoms with Crippen molar-refractivity contribution in [3.05, 3.63) is 111 Å². The number of fused-ring (bicyclic) bond motifs is 1. The Kier molecular flexibility index (Phi) is 5.93. The Hall–Kier alpha value is -4.23. The first kappa shape index (κ1) is 22.6. The van der Waals surface area contributed by atoms with Crippen molar-refractivity contribution in [3.63, 3.8) is 0 Å². The standard InChI is InChI=1S/C27H21ClN4O3/c1-17-15-22(30-32(17)21-12-10-20(28)11-13-21)25-18(2)29-26-24(9-6-14-31(26)27(25)34)35-16-23(33)19-7-4-3-5-8-19/h3-15H,16H2,1-2H3. The van der Waals surface area contributed by atoms with E-state index < -0.39 is 0 Å². The highest BCUT2D eigenvalue weighted by atomic mass is 35.5. The van der Waals surface area contributed by atoms with Gasteiger partial charge < -0.3 is 4.74 Å². The van der Waals surface area contributed by atoms with Crippen LogP contribution >= 0.6 is 11.6 Å². The molecule has 0 unspecified atom stereocenters. The van der Waals surface area contributed by atoms with Gasteiger partial charge in [-0.25, -0.2) is 9.67 Å². The Morgan fingerprint density at radius 1 is 1.00 bits per heavy atom. The number of carbonyl (C=O) groups is 1. The predicted molar refractivity (Wildman–Crippen MR) is 135 cm³/mol. The molecule has 0 fully saturated rings. The average Bonchev–Trinajstić information content (AvgIpc) is 3.24. The number of Topliss-reactive ketones (excluding diaryl/α,β-unsaturated/α-hetero) is 1. The summed E-state index contributed by atoms with van der Waals surface area (Å²) in [5.74, 6) is 0.193. The number of benzene rings is 2. The normalized spacial score (nSPS) is 11.1. The van der Waals surface area contributed by atoms with Gasteiger partial charge in [0.15, 0.2) is 23.8 Å². The van der Waals surface area contributed by atoms with Gasteiger partial charge >= 0.3 is 0 Å². The third-order valence-corrected chi connectivity index (χ3v) is 5.92. The van der Waals surface area contributed by atoms with E-state index in [4.69, 9.17) is 16.3 Å². The molecule has 0 aliphatic carbocycles. The molecule has 0 atom stereocenters. The van der Waals surface area contributed by atoms with Gasteiger partial charge in [0.25, 0.3) is 5.56 Å². The van der Waals surface area contributed by atoms with E-state index >= 15 is 0 Å². The number of pyridine rings is 1. The second-order valence-corrected chi connectivity index (χ2v) is 8.52. The lowest BCUT2D eigenvalue weighted by molar-refractivity contribution is 0.0922. The molecule has 5 rings (SSSR count). The van der Waals surface area contributed by atoms with Gasteiger partial charge in [-0.05, 0) is 56.3 Å². The molecule has 2 aromatic carbocycles. The van der Waals surface area contributed by atoms with Crippen LogP contribution in [0.1, 0.15) is 21.7 Å². The fourth-order valence-electron chi connectivity index (χ4n) is 3.94. The number of hydrogen-bond donors (Lipinski definition) is 0. The summed E-state index contributed by atoms with van der Waals surface area (Å²) in [6, 6.07) is 21.5. The summed E-state index contributed by atoms with van der Waals surface area (Å²) < 4.78 is 8.96. The Labute approximate surface area is 206 Å². The van der Waals surface area contributed by atoms with Crippen LogP contribution in [0, 0.1) is 13.8 Å². The zero-order valence-corrected chi connectivity index (χ0v) is 19.9. The molecule has 0 spiro atoms. The van der Waals surface area contributed by atoms with Gasteiger partial charge in [-0.15, -0.1) is 0 Å². The van der Waals surface area contributed by atoms with E-state index in [1.54, 1.807) is 66.3 Å². The third-order valence-electron chi connectivity index (χ3n) is 5.67. The van der Waals surface area contributed by atoms with E-state index in [-0.39, 0.29) is 17.9 Å². The molecule has 8 heteroatoms. The highest BCUT2D eigenvalue weighted by Crippen LogP contribution is 2.24. The molecule has 35 heavy (non-hydrogen) atoms. The summed E-state index contributed by atoms with van der Waals surface area (Å²) >= 11 is 6.01. The molecule has 0 saturated heterocycles. The van der Waals surface area contributed by atoms with E-state index in [1.165, 1.54) is 4.40 Å². The van der Waals surface area contributed by atoms with Crippen LogP contribution in [0.25, 0.3) is 22.6 Å². The number of nitrogens with zero attached hydrogens (tertiary/aromatic N) is 4. The highest BCUT2D eigenvalue weighted by Gasteiger charge is 2.19. The first-order chi connectivity index (χ1) is 16.9. The summed E-state index contributed by atoms with van der Waals surface area (Å²) in [6.45, 7) is 3.52. The molecule has 5 aromatic rings. The number of carbonyl (C=O) groups excluding carboxylic acids is 1. The van der Waals surface area contributed by atoms with Gasteiger partial charge in [-0.3, -0.25) is 14.0 Å². The lowest BCUT2D eigenvalue weighted by atomic mass is 10.1. The molecule has 0 aliphatic rings. The third kappa shape index (κ3) is 4.34. The number of ketones is 1. The molecule has 0 saturated carbocycles. The molecule has 0 N–H and O–H groups in total. The van der Waals surface area contributed by atoms with Crippen LogP contribution < -0.4 is 10.3 Å². The summed E-state index contributed by atoms with van der Waals surface area (Å²) in [6.07, 6.45) is 1.63. The van der Waals surface area contributed by atoms with E-state index in [1.807, 2.05) is 31.2 Å². The fraction of sp³-hybridized carbons (Fsp3) is 0.111. The smallest absolute Gasteiger partial charge is 0.267 e. The van der Waals surface area contributed by atoms with Crippen molar-refractivity contribution in [3.8, 4) is 22.7 Å². The van der Waals surface area contributed by atoms with Crippen LogP contribution in [0.5, 0.6) is 5.75 Å². The number of halogens is 1. The van der Waals surface area contributed by atoms with Gasteiger partial charge in [0.2, 0.25) is 0 Å². The molecule has 0 radical (unpaired) electrons. The first-order valence-corrected chi connectivity index (χ1v) is 11.4. The molecule has 0 aliphatic heterocycles. The van der Waals surface area contributed by atoms with Crippen molar-refractivity contribution < 1.29 is 9.53 Å². The van der Waals surface area contributed by atoms with Crippen molar-refractivity contribution in [1.82, 2.24) is 19.2 Å². The fourth-order valence-corrected chi connectivity index (χ4v) is 4.07. The zero-order valence-electron chi connectivity index (χ0n) is 19.1. The Bertz CT molecular complexity index is 1610. The van der Waals surface area contributed by atoms with E-state index in [9.17, 15) is 9.59 Å². The van der Waals surface area contributed by atoms with Crippen LogP contribution in [0.15, 0.2) is 83.8 Å². The minimum atomic E-state index is -0.270. The Morgan fingerprint density at radius 3 is 2.49 bits per heavy atom. The Morgan fingerprint density at radius 2 is 1.74 bits per heavy atom. The number of ether oxygens (including phenoxy) is 1. The first-order valence-electron chi connectivity index (χ1n) is 11.0. The van der Waals surface area contributed by atoms with Crippen LogP contribution in [0.4, 0.5) is 0 Å². The van der Waals surface area contributed by atoms with Gasteiger partial charge in [-0.2, -0.15) is 5.10 Å². The number of aryl methyl sites for hydroxylation is 2. The topological polar surface area (TPSA) is 78.5 Å². The Balaban J connectivity index is 1.51. The molecule has 174 valence electrons. The largest absolute Gasteiger partial charge is 0.482 e. The monoisotopic (exact) mass is 484 g/mol. The lowest BCUT2D eigenvalue weighted by Gasteiger charge is -2.11. The average molecular weight is 485 g/mol. The quantitative estimate of drug-likeness (QED) is 0.314. The van der Waals surface area contributed by atoms with E-state index in [0.717, 1.165) is 11.4 Å². The van der Waals surface area contributed by atoms with Crippen LogP contribution in [-0.4, -0.2) is 31.6 Å². The summed E-state index contributed by atoms with van der Waals surface area (Å²) in [7, 11) is 0. The van der Waals surface area contributed by atoms with E-state index in [2.05, 4.69) is 10.1 Å². The van der Waals surface area contributed by atoms with Crippen molar-refractivity contribution >= 4 is 23.0 Å². The van der Waals surface area contributed by atoms with Gasteiger partial charge in [0, 0.05) is 22.5 Å². The summed E-state index contributed by atoms with van der Waals surface area (Å²) in [4.78, 5) is 30.6. The van der Waals surface area contributed by atoms with Crippen molar-refractivity contribution in [2.24, 2.45) is 0 Å². The molecule has 0 amide bonds. The highest BCUT2D eigenvalue weighted by molar-refractivity contribution is 6.30. The minimum Gasteiger partial charge on any atom is -0.482 e. The predicted octanol–water partition coefficient (Wildman–Crippen LogP) is 5.08. The van der Waals surface area contributed by atoms with Crippen molar-refractivity contribution in [2.45, 2.75) is 13.8 Å². The van der Waals surface area contributed by atoms with Crippen LogP contribution in [0.2, 0.25) is 5.02 Å². The summed E-state index contributed by atoms with van der Waals surface area (Å²) in [5, 5.41) is 5.30.